The largest absolute Gasteiger partial charge is 0.493 e. The summed E-state index contributed by atoms with van der Waals surface area (Å²) in [5, 5.41) is 11.4. The molecule has 4 rings (SSSR count). The van der Waals surface area contributed by atoms with E-state index in [1.54, 1.807) is 24.3 Å². The lowest BCUT2D eigenvalue weighted by molar-refractivity contribution is -0.384. The third-order valence-corrected chi connectivity index (χ3v) is 6.45. The van der Waals surface area contributed by atoms with E-state index in [1.807, 2.05) is 30.3 Å². The van der Waals surface area contributed by atoms with E-state index in [-0.39, 0.29) is 15.9 Å². The summed E-state index contributed by atoms with van der Waals surface area (Å²) in [6, 6.07) is 18.8. The number of nitro groups is 1. The van der Waals surface area contributed by atoms with E-state index in [9.17, 15) is 14.9 Å². The molecule has 1 aliphatic rings. The lowest BCUT2D eigenvalue weighted by atomic mass is 10.1. The van der Waals surface area contributed by atoms with Gasteiger partial charge in [0.2, 0.25) is 0 Å². The number of anilines is 1. The van der Waals surface area contributed by atoms with Gasteiger partial charge >= 0.3 is 0 Å². The molecular formula is C24H17ClN2O5S2. The third-order valence-electron chi connectivity index (χ3n) is 4.87. The standard InChI is InChI=1S/C24H17ClN2O5S2/c1-31-20-11-16(10-19(25)22(20)32-14-15-6-3-2-4-7-15)12-21-23(28)26(24(33)34-21)17-8-5-9-18(13-17)27(29)30/h2-13H,14H2,1H3/b21-12+. The van der Waals surface area contributed by atoms with Crippen LogP contribution in [0.15, 0.2) is 71.6 Å². The van der Waals surface area contributed by atoms with Crippen molar-refractivity contribution in [1.82, 2.24) is 0 Å². The highest BCUT2D eigenvalue weighted by atomic mass is 35.5. The number of methoxy groups -OCH3 is 1. The van der Waals surface area contributed by atoms with Crippen molar-refractivity contribution < 1.29 is 19.2 Å². The summed E-state index contributed by atoms with van der Waals surface area (Å²) in [6.45, 7) is 0.318. The van der Waals surface area contributed by atoms with Crippen LogP contribution in [-0.2, 0) is 11.4 Å². The van der Waals surface area contributed by atoms with E-state index in [1.165, 1.54) is 30.2 Å². The Kier molecular flexibility index (Phi) is 7.16. The minimum Gasteiger partial charge on any atom is -0.493 e. The molecule has 1 saturated heterocycles. The zero-order valence-corrected chi connectivity index (χ0v) is 20.2. The van der Waals surface area contributed by atoms with Crippen LogP contribution in [0.25, 0.3) is 6.08 Å². The Labute approximate surface area is 210 Å². The first-order valence-electron chi connectivity index (χ1n) is 9.94. The van der Waals surface area contributed by atoms with Crippen molar-refractivity contribution in [2.24, 2.45) is 0 Å². The van der Waals surface area contributed by atoms with Gasteiger partial charge in [-0.15, -0.1) is 0 Å². The Morgan fingerprint density at radius 2 is 1.91 bits per heavy atom. The van der Waals surface area contributed by atoms with E-state index < -0.39 is 4.92 Å². The Balaban J connectivity index is 1.59. The van der Waals surface area contributed by atoms with Gasteiger partial charge in [-0.25, -0.2) is 0 Å². The molecule has 0 unspecified atom stereocenters. The number of non-ortho nitro benzene ring substituents is 1. The van der Waals surface area contributed by atoms with Crippen LogP contribution in [0, 0.1) is 10.1 Å². The number of benzene rings is 3. The van der Waals surface area contributed by atoms with Crippen molar-refractivity contribution in [2.75, 3.05) is 12.0 Å². The van der Waals surface area contributed by atoms with Gasteiger partial charge in [-0.3, -0.25) is 19.8 Å². The van der Waals surface area contributed by atoms with Crippen LogP contribution in [0.4, 0.5) is 11.4 Å². The van der Waals surface area contributed by atoms with Gasteiger partial charge in [-0.1, -0.05) is 72.0 Å². The molecule has 1 heterocycles. The molecule has 3 aromatic rings. The number of ether oxygens (including phenoxy) is 2. The topological polar surface area (TPSA) is 81.9 Å². The number of thiocarbonyl (C=S) groups is 1. The van der Waals surface area contributed by atoms with Gasteiger partial charge in [-0.05, 0) is 35.4 Å². The molecular weight excluding hydrogens is 496 g/mol. The summed E-state index contributed by atoms with van der Waals surface area (Å²) >= 11 is 12.9. The van der Waals surface area contributed by atoms with Gasteiger partial charge in [0, 0.05) is 12.1 Å². The number of hydrogen-bond donors (Lipinski definition) is 0. The van der Waals surface area contributed by atoms with Gasteiger partial charge in [-0.2, -0.15) is 0 Å². The summed E-state index contributed by atoms with van der Waals surface area (Å²) in [7, 11) is 1.51. The van der Waals surface area contributed by atoms with Crippen molar-refractivity contribution in [3.63, 3.8) is 0 Å². The number of carbonyl (C=O) groups excluding carboxylic acids is 1. The lowest BCUT2D eigenvalue weighted by Gasteiger charge is -2.14. The smallest absolute Gasteiger partial charge is 0.271 e. The number of nitrogens with zero attached hydrogens (tertiary/aromatic N) is 2. The number of rotatable bonds is 7. The number of amides is 1. The maximum Gasteiger partial charge on any atom is 0.271 e. The van der Waals surface area contributed by atoms with Gasteiger partial charge in [0.25, 0.3) is 11.6 Å². The molecule has 1 aliphatic heterocycles. The minimum atomic E-state index is -0.521. The second-order valence-electron chi connectivity index (χ2n) is 7.10. The van der Waals surface area contributed by atoms with E-state index in [0.29, 0.717) is 39.3 Å². The maximum atomic E-state index is 13.1. The maximum absolute atomic E-state index is 13.1. The van der Waals surface area contributed by atoms with Gasteiger partial charge in [0.1, 0.15) is 6.61 Å². The van der Waals surface area contributed by atoms with Crippen LogP contribution in [0.2, 0.25) is 5.02 Å². The first-order chi connectivity index (χ1) is 16.4. The van der Waals surface area contributed by atoms with Crippen molar-refractivity contribution >= 4 is 63.3 Å². The summed E-state index contributed by atoms with van der Waals surface area (Å²) in [4.78, 5) is 25.3. The fourth-order valence-corrected chi connectivity index (χ4v) is 4.85. The fraction of sp³-hybridized carbons (Fsp3) is 0.0833. The van der Waals surface area contributed by atoms with Crippen molar-refractivity contribution in [3.8, 4) is 11.5 Å². The van der Waals surface area contributed by atoms with Crippen molar-refractivity contribution in [3.05, 3.63) is 97.9 Å². The average molecular weight is 513 g/mol. The number of hydrogen-bond acceptors (Lipinski definition) is 7. The van der Waals surface area contributed by atoms with Crippen molar-refractivity contribution in [1.29, 1.82) is 0 Å². The number of halogens is 1. The van der Waals surface area contributed by atoms with Crippen LogP contribution in [0.1, 0.15) is 11.1 Å². The second-order valence-corrected chi connectivity index (χ2v) is 9.19. The third kappa shape index (κ3) is 5.06. The van der Waals surface area contributed by atoms with Crippen molar-refractivity contribution in [2.45, 2.75) is 6.61 Å². The predicted octanol–water partition coefficient (Wildman–Crippen LogP) is 6.24. The first kappa shape index (κ1) is 23.7. The summed E-state index contributed by atoms with van der Waals surface area (Å²) in [5.41, 5.74) is 1.81. The van der Waals surface area contributed by atoms with Gasteiger partial charge in [0.15, 0.2) is 15.8 Å². The number of nitro benzene ring substituents is 1. The Hall–Kier alpha value is -3.40. The van der Waals surface area contributed by atoms with E-state index in [2.05, 4.69) is 0 Å². The molecule has 3 aromatic carbocycles. The minimum absolute atomic E-state index is 0.127. The highest BCUT2D eigenvalue weighted by molar-refractivity contribution is 8.27. The summed E-state index contributed by atoms with van der Waals surface area (Å²) in [5.74, 6) is 0.438. The predicted molar refractivity (Wildman–Crippen MR) is 138 cm³/mol. The fourth-order valence-electron chi connectivity index (χ4n) is 3.28. The molecule has 1 fully saturated rings. The first-order valence-corrected chi connectivity index (χ1v) is 11.5. The molecule has 0 radical (unpaired) electrons. The average Bonchev–Trinajstić information content (AvgIpc) is 3.11. The zero-order valence-electron chi connectivity index (χ0n) is 17.8. The molecule has 0 N–H and O–H groups in total. The van der Waals surface area contributed by atoms with Gasteiger partial charge < -0.3 is 9.47 Å². The molecule has 0 saturated carbocycles. The summed E-state index contributed by atoms with van der Waals surface area (Å²) < 4.78 is 11.6. The lowest BCUT2D eigenvalue weighted by Crippen LogP contribution is -2.27. The normalized spacial score (nSPS) is 14.5. The van der Waals surface area contributed by atoms with Crippen LogP contribution in [0.5, 0.6) is 11.5 Å². The van der Waals surface area contributed by atoms with Crippen LogP contribution in [-0.4, -0.2) is 22.3 Å². The molecule has 7 nitrogen and oxygen atoms in total. The SMILES string of the molecule is COc1cc(/C=C2/SC(=S)N(c3cccc([N+](=O)[O-])c3)C2=O)cc(Cl)c1OCc1ccccc1. The number of carbonyl (C=O) groups is 1. The molecule has 0 bridgehead atoms. The molecule has 0 aromatic heterocycles. The molecule has 172 valence electrons. The quantitative estimate of drug-likeness (QED) is 0.160. The molecule has 0 aliphatic carbocycles. The molecule has 0 atom stereocenters. The van der Waals surface area contributed by atoms with Crippen LogP contribution in [0.3, 0.4) is 0 Å². The molecule has 0 spiro atoms. The Morgan fingerprint density at radius 1 is 1.15 bits per heavy atom. The highest BCUT2D eigenvalue weighted by Crippen LogP contribution is 2.40. The number of thioether (sulfide) groups is 1. The van der Waals surface area contributed by atoms with E-state index >= 15 is 0 Å². The molecule has 1 amide bonds. The van der Waals surface area contributed by atoms with E-state index in [0.717, 1.165) is 17.3 Å². The molecule has 10 heteroatoms. The molecule has 34 heavy (non-hydrogen) atoms. The van der Waals surface area contributed by atoms with Crippen LogP contribution >= 0.6 is 35.6 Å². The van der Waals surface area contributed by atoms with Gasteiger partial charge in [0.05, 0.1) is 27.6 Å². The summed E-state index contributed by atoms with van der Waals surface area (Å²) in [6.07, 6.45) is 1.64. The monoisotopic (exact) mass is 512 g/mol. The van der Waals surface area contributed by atoms with Crippen LogP contribution < -0.4 is 14.4 Å². The second kappa shape index (κ2) is 10.3. The Morgan fingerprint density at radius 3 is 2.62 bits per heavy atom. The van der Waals surface area contributed by atoms with E-state index in [4.69, 9.17) is 33.3 Å². The Bertz CT molecular complexity index is 1310. The zero-order chi connectivity index (χ0) is 24.2. The highest BCUT2D eigenvalue weighted by Gasteiger charge is 2.34.